The first-order chi connectivity index (χ1) is 24.5. The van der Waals surface area contributed by atoms with E-state index >= 15 is 0 Å². The lowest BCUT2D eigenvalue weighted by Crippen LogP contribution is -2.58. The minimum Gasteiger partial charge on any atom is -0.483 e. The average molecular weight is 748 g/mol. The molecule has 3 fully saturated rings. The molecule has 4 N–H and O–H groups in total. The smallest absolute Gasteiger partial charge is 0.437 e. The molecule has 7 rings (SSSR count). The minimum absolute atomic E-state index is 0.0832. The SMILES string of the molecule is CC1(S(=O)(=O)NC(=O)[C@@]23C[C@H]2C=CCCCCC[C@H](NC(=O)O)C(=O)N2C[C@@]4(CCc5c(c(C(F)(F)F)nc6ccccc56)O4)C[C@H]2C(=O)N3)CC1. The number of rotatable bonds is 4. The number of carbonyl (C=O) groups is 4. The molecule has 0 bridgehead atoms. The third kappa shape index (κ3) is 6.45. The number of carbonyl (C=O) groups excluding carboxylic acids is 3. The lowest BCUT2D eigenvalue weighted by atomic mass is 9.87. The van der Waals surface area contributed by atoms with Gasteiger partial charge in [0.2, 0.25) is 21.8 Å². The molecule has 2 aliphatic carbocycles. The molecule has 4 heterocycles. The van der Waals surface area contributed by atoms with Crippen molar-refractivity contribution in [3.05, 3.63) is 47.7 Å². The number of allylic oxidation sites excluding steroid dienone is 1. The molecule has 17 heteroatoms. The summed E-state index contributed by atoms with van der Waals surface area (Å²) in [4.78, 5) is 59.2. The Morgan fingerprint density at radius 2 is 1.85 bits per heavy atom. The Kier molecular flexibility index (Phi) is 8.73. The second kappa shape index (κ2) is 12.6. The first kappa shape index (κ1) is 36.0. The molecule has 52 heavy (non-hydrogen) atoms. The second-order valence-electron chi connectivity index (χ2n) is 15.0. The molecule has 1 saturated heterocycles. The van der Waals surface area contributed by atoms with Crippen molar-refractivity contribution in [3.8, 4) is 5.75 Å². The van der Waals surface area contributed by atoms with Crippen LogP contribution >= 0.6 is 0 Å². The van der Waals surface area contributed by atoms with Gasteiger partial charge in [-0.3, -0.25) is 19.1 Å². The summed E-state index contributed by atoms with van der Waals surface area (Å²) in [6.45, 7) is 1.17. The predicted octanol–water partition coefficient (Wildman–Crippen LogP) is 3.95. The number of fused-ring (bicyclic) bond motifs is 5. The highest BCUT2D eigenvalue weighted by Crippen LogP contribution is 2.50. The Bertz CT molecular complexity index is 1990. The zero-order chi connectivity index (χ0) is 37.3. The summed E-state index contributed by atoms with van der Waals surface area (Å²) in [7, 11) is -4.08. The Balaban J connectivity index is 1.26. The van der Waals surface area contributed by atoms with E-state index in [0.29, 0.717) is 49.5 Å². The van der Waals surface area contributed by atoms with Crippen LogP contribution in [0.2, 0.25) is 0 Å². The maximum Gasteiger partial charge on any atom is 0.437 e. The number of ether oxygens (including phenoxy) is 1. The maximum absolute atomic E-state index is 14.5. The van der Waals surface area contributed by atoms with Gasteiger partial charge in [0, 0.05) is 23.3 Å². The molecule has 2 saturated carbocycles. The van der Waals surface area contributed by atoms with Crippen LogP contribution in [-0.4, -0.2) is 81.7 Å². The predicted molar refractivity (Wildman–Crippen MR) is 179 cm³/mol. The van der Waals surface area contributed by atoms with Crippen molar-refractivity contribution >= 4 is 44.7 Å². The van der Waals surface area contributed by atoms with Gasteiger partial charge < -0.3 is 25.4 Å². The number of sulfonamides is 1. The van der Waals surface area contributed by atoms with Gasteiger partial charge in [0.15, 0.2) is 11.4 Å². The molecule has 5 aliphatic rings. The van der Waals surface area contributed by atoms with E-state index in [1.165, 1.54) is 13.0 Å². The number of nitrogens with one attached hydrogen (secondary N) is 3. The van der Waals surface area contributed by atoms with Crippen molar-refractivity contribution in [2.24, 2.45) is 5.92 Å². The van der Waals surface area contributed by atoms with Crippen molar-refractivity contribution in [1.29, 1.82) is 0 Å². The Hall–Kier alpha value is -4.41. The van der Waals surface area contributed by atoms with Crippen molar-refractivity contribution in [3.63, 3.8) is 0 Å². The van der Waals surface area contributed by atoms with Gasteiger partial charge in [-0.05, 0) is 64.4 Å². The number of pyridine rings is 1. The molecular weight excluding hydrogens is 707 g/mol. The van der Waals surface area contributed by atoms with Crippen LogP contribution in [-0.2, 0) is 37.0 Å². The molecule has 1 aromatic carbocycles. The third-order valence-electron chi connectivity index (χ3n) is 11.3. The summed E-state index contributed by atoms with van der Waals surface area (Å²) in [5.41, 5.74) is -3.97. The van der Waals surface area contributed by atoms with Gasteiger partial charge in [-0.15, -0.1) is 0 Å². The topological polar surface area (TPSA) is 184 Å². The van der Waals surface area contributed by atoms with Gasteiger partial charge >= 0.3 is 12.3 Å². The van der Waals surface area contributed by atoms with E-state index in [2.05, 4.69) is 20.3 Å². The molecule has 3 aliphatic heterocycles. The van der Waals surface area contributed by atoms with Crippen molar-refractivity contribution < 1.29 is 50.6 Å². The van der Waals surface area contributed by atoms with Gasteiger partial charge in [-0.1, -0.05) is 43.2 Å². The first-order valence-corrected chi connectivity index (χ1v) is 19.0. The number of hydrogen-bond donors (Lipinski definition) is 4. The van der Waals surface area contributed by atoms with Gasteiger partial charge in [-0.25, -0.2) is 18.2 Å². The maximum atomic E-state index is 14.5. The molecule has 1 aromatic heterocycles. The van der Waals surface area contributed by atoms with Gasteiger partial charge in [0.05, 0.1) is 16.8 Å². The number of nitrogens with zero attached hydrogens (tertiary/aromatic N) is 2. The van der Waals surface area contributed by atoms with Gasteiger partial charge in [-0.2, -0.15) is 13.2 Å². The number of aryl methyl sites for hydroxylation is 1. The largest absolute Gasteiger partial charge is 0.483 e. The zero-order valence-corrected chi connectivity index (χ0v) is 29.2. The number of amides is 4. The molecule has 5 atom stereocenters. The summed E-state index contributed by atoms with van der Waals surface area (Å²) >= 11 is 0. The van der Waals surface area contributed by atoms with E-state index in [9.17, 15) is 45.9 Å². The number of benzene rings is 1. The first-order valence-electron chi connectivity index (χ1n) is 17.5. The summed E-state index contributed by atoms with van der Waals surface area (Å²) in [5, 5.41) is 15.1. The van der Waals surface area contributed by atoms with Gasteiger partial charge in [0.25, 0.3) is 5.91 Å². The quantitative estimate of drug-likeness (QED) is 0.337. The van der Waals surface area contributed by atoms with Crippen LogP contribution in [0.3, 0.4) is 0 Å². The summed E-state index contributed by atoms with van der Waals surface area (Å²) in [6.07, 6.45) is 0.496. The second-order valence-corrected chi connectivity index (χ2v) is 17.2. The lowest BCUT2D eigenvalue weighted by molar-refractivity contribution is -0.144. The van der Waals surface area contributed by atoms with Crippen molar-refractivity contribution in [1.82, 2.24) is 25.2 Å². The van der Waals surface area contributed by atoms with Crippen LogP contribution < -0.4 is 20.1 Å². The fourth-order valence-electron chi connectivity index (χ4n) is 7.82. The number of para-hydroxylation sites is 1. The summed E-state index contributed by atoms with van der Waals surface area (Å²) < 4.78 is 76.9. The van der Waals surface area contributed by atoms with Crippen LogP contribution in [0.15, 0.2) is 36.4 Å². The zero-order valence-electron chi connectivity index (χ0n) is 28.4. The highest BCUT2D eigenvalue weighted by Gasteiger charge is 2.64. The van der Waals surface area contributed by atoms with E-state index in [0.717, 1.165) is 4.90 Å². The average Bonchev–Trinajstić information content (AvgIpc) is 3.97. The van der Waals surface area contributed by atoms with Crippen LogP contribution in [0.5, 0.6) is 5.75 Å². The molecular formula is C35H40F3N5O8S. The molecule has 4 amide bonds. The number of carboxylic acid groups (broad SMARTS) is 1. The third-order valence-corrected chi connectivity index (χ3v) is 13.4. The molecule has 1 spiro atoms. The van der Waals surface area contributed by atoms with E-state index in [1.807, 2.05) is 6.08 Å². The number of hydrogen-bond acceptors (Lipinski definition) is 8. The van der Waals surface area contributed by atoms with E-state index in [-0.39, 0.29) is 44.2 Å². The van der Waals surface area contributed by atoms with Gasteiger partial charge in [0.1, 0.15) is 23.2 Å². The van der Waals surface area contributed by atoms with Crippen LogP contribution in [0.25, 0.3) is 10.9 Å². The van der Waals surface area contributed by atoms with Crippen LogP contribution in [0, 0.1) is 5.92 Å². The normalized spacial score (nSPS) is 30.2. The number of aromatic nitrogens is 1. The monoisotopic (exact) mass is 747 g/mol. The fraction of sp³-hybridized carbons (Fsp3) is 0.571. The van der Waals surface area contributed by atoms with E-state index < -0.39 is 85.3 Å². The number of alkyl halides is 3. The van der Waals surface area contributed by atoms with Crippen molar-refractivity contribution in [2.75, 3.05) is 6.54 Å². The molecule has 0 radical (unpaired) electrons. The lowest BCUT2D eigenvalue weighted by Gasteiger charge is -2.37. The summed E-state index contributed by atoms with van der Waals surface area (Å²) in [5.74, 6) is -3.56. The Morgan fingerprint density at radius 3 is 2.56 bits per heavy atom. The van der Waals surface area contributed by atoms with E-state index in [4.69, 9.17) is 4.74 Å². The minimum atomic E-state index is -4.90. The Morgan fingerprint density at radius 1 is 1.10 bits per heavy atom. The molecule has 2 aromatic rings. The standard InChI is InChI=1S/C35H40F3N5O8S/c1-32(15-16-32)52(49,50)42-30(46)34-17-20(34)9-5-3-2-4-6-12-24(40-31(47)48)29(45)43-19-33(18-25(43)28(44)41-34)14-13-22-21-10-7-8-11-23(21)39-27(26(22)51-33)35(36,37)38/h5,7-11,20,24-25,40H,2-4,6,12-19H2,1H3,(H,41,44)(H,42,46)(H,47,48)/t20-,24+,25+,33-,34-/m1/s1. The highest BCUT2D eigenvalue weighted by atomic mass is 32.2. The summed E-state index contributed by atoms with van der Waals surface area (Å²) in [6, 6.07) is 3.71. The Labute approximate surface area is 297 Å². The molecule has 280 valence electrons. The fourth-order valence-corrected chi connectivity index (χ4v) is 9.13. The van der Waals surface area contributed by atoms with Crippen molar-refractivity contribution in [2.45, 2.75) is 112 Å². The van der Waals surface area contributed by atoms with E-state index in [1.54, 1.807) is 24.3 Å². The highest BCUT2D eigenvalue weighted by molar-refractivity contribution is 7.91. The van der Waals surface area contributed by atoms with Crippen LogP contribution in [0.1, 0.15) is 82.4 Å². The van der Waals surface area contributed by atoms with Crippen LogP contribution in [0.4, 0.5) is 18.0 Å². The number of halogens is 3. The molecule has 0 unspecified atom stereocenters. The molecule has 13 nitrogen and oxygen atoms in total.